The fraction of sp³-hybridized carbons (Fsp3) is 0.727. The first kappa shape index (κ1) is 10.6. The third-order valence-corrected chi connectivity index (χ3v) is 3.17. The zero-order chi connectivity index (χ0) is 10.8. The molecule has 3 atom stereocenters. The summed E-state index contributed by atoms with van der Waals surface area (Å²) in [5.41, 5.74) is 1.21. The van der Waals surface area contributed by atoms with Crippen LogP contribution in [0.1, 0.15) is 24.9 Å². The zero-order valence-electron chi connectivity index (χ0n) is 9.60. The Hall–Kier alpha value is -0.870. The van der Waals surface area contributed by atoms with Gasteiger partial charge in [-0.25, -0.2) is 0 Å². The SMILES string of the molecule is CNC(c1cnn(C)c1)C1OCCC1C. The minimum atomic E-state index is 0.260. The first-order chi connectivity index (χ1) is 7.22. The van der Waals surface area contributed by atoms with Crippen molar-refractivity contribution in [1.29, 1.82) is 0 Å². The van der Waals surface area contributed by atoms with Gasteiger partial charge in [-0.15, -0.1) is 0 Å². The Balaban J connectivity index is 2.16. The summed E-state index contributed by atoms with van der Waals surface area (Å²) in [4.78, 5) is 0. The molecule has 0 aromatic carbocycles. The summed E-state index contributed by atoms with van der Waals surface area (Å²) in [7, 11) is 3.92. The minimum Gasteiger partial charge on any atom is -0.376 e. The molecule has 0 bridgehead atoms. The highest BCUT2D eigenvalue weighted by Crippen LogP contribution is 2.30. The molecule has 1 aromatic rings. The molecule has 0 aliphatic carbocycles. The van der Waals surface area contributed by atoms with E-state index in [4.69, 9.17) is 4.74 Å². The van der Waals surface area contributed by atoms with Gasteiger partial charge >= 0.3 is 0 Å². The van der Waals surface area contributed by atoms with Crippen molar-refractivity contribution in [3.63, 3.8) is 0 Å². The van der Waals surface area contributed by atoms with E-state index in [0.29, 0.717) is 5.92 Å². The van der Waals surface area contributed by atoms with Gasteiger partial charge < -0.3 is 10.1 Å². The summed E-state index contributed by atoms with van der Waals surface area (Å²) < 4.78 is 7.62. The van der Waals surface area contributed by atoms with Crippen molar-refractivity contribution in [3.05, 3.63) is 18.0 Å². The van der Waals surface area contributed by atoms with E-state index in [1.165, 1.54) is 5.56 Å². The van der Waals surface area contributed by atoms with Crippen LogP contribution < -0.4 is 5.32 Å². The number of nitrogens with zero attached hydrogens (tertiary/aromatic N) is 2. The molecule has 1 saturated heterocycles. The number of ether oxygens (including phenoxy) is 1. The predicted octanol–water partition coefficient (Wildman–Crippen LogP) is 1.11. The summed E-state index contributed by atoms with van der Waals surface area (Å²) in [5, 5.41) is 7.53. The van der Waals surface area contributed by atoms with Gasteiger partial charge in [0.05, 0.1) is 18.3 Å². The lowest BCUT2D eigenvalue weighted by Crippen LogP contribution is -2.32. The summed E-state index contributed by atoms with van der Waals surface area (Å²) in [6, 6.07) is 0.260. The van der Waals surface area contributed by atoms with Crippen LogP contribution in [0.25, 0.3) is 0 Å². The molecule has 1 aromatic heterocycles. The van der Waals surface area contributed by atoms with Crippen molar-refractivity contribution >= 4 is 0 Å². The van der Waals surface area contributed by atoms with Gasteiger partial charge in [-0.3, -0.25) is 4.68 Å². The molecule has 3 unspecified atom stereocenters. The summed E-state index contributed by atoms with van der Waals surface area (Å²) in [6.07, 6.45) is 5.40. The van der Waals surface area contributed by atoms with E-state index >= 15 is 0 Å². The van der Waals surface area contributed by atoms with E-state index in [-0.39, 0.29) is 12.1 Å². The van der Waals surface area contributed by atoms with Crippen molar-refractivity contribution in [2.24, 2.45) is 13.0 Å². The van der Waals surface area contributed by atoms with Gasteiger partial charge in [0, 0.05) is 25.4 Å². The highest BCUT2D eigenvalue weighted by Gasteiger charge is 2.32. The number of aromatic nitrogens is 2. The van der Waals surface area contributed by atoms with Crippen LogP contribution in [0.3, 0.4) is 0 Å². The number of aryl methyl sites for hydroxylation is 1. The molecule has 1 N–H and O–H groups in total. The lowest BCUT2D eigenvalue weighted by molar-refractivity contribution is 0.0631. The fourth-order valence-electron chi connectivity index (χ4n) is 2.26. The highest BCUT2D eigenvalue weighted by molar-refractivity contribution is 5.13. The van der Waals surface area contributed by atoms with Crippen LogP contribution in [-0.4, -0.2) is 29.5 Å². The van der Waals surface area contributed by atoms with Crippen molar-refractivity contribution in [2.75, 3.05) is 13.7 Å². The Morgan fingerprint density at radius 3 is 2.93 bits per heavy atom. The van der Waals surface area contributed by atoms with Gasteiger partial charge in [-0.2, -0.15) is 5.10 Å². The lowest BCUT2D eigenvalue weighted by atomic mass is 9.94. The Kier molecular flexibility index (Phi) is 3.07. The van der Waals surface area contributed by atoms with Crippen molar-refractivity contribution in [2.45, 2.75) is 25.5 Å². The molecule has 4 heteroatoms. The van der Waals surface area contributed by atoms with E-state index in [9.17, 15) is 0 Å². The molecule has 1 fully saturated rings. The smallest absolute Gasteiger partial charge is 0.0797 e. The summed E-state index contributed by atoms with van der Waals surface area (Å²) >= 11 is 0. The van der Waals surface area contributed by atoms with Gasteiger partial charge in [0.15, 0.2) is 0 Å². The molecule has 15 heavy (non-hydrogen) atoms. The Bertz CT molecular complexity index is 323. The molecule has 2 rings (SSSR count). The fourth-order valence-corrected chi connectivity index (χ4v) is 2.26. The number of hydrogen-bond acceptors (Lipinski definition) is 3. The lowest BCUT2D eigenvalue weighted by Gasteiger charge is -2.24. The second kappa shape index (κ2) is 4.33. The molecule has 4 nitrogen and oxygen atoms in total. The zero-order valence-corrected chi connectivity index (χ0v) is 9.60. The molecular formula is C11H19N3O. The van der Waals surface area contributed by atoms with Crippen LogP contribution in [-0.2, 0) is 11.8 Å². The average molecular weight is 209 g/mol. The van der Waals surface area contributed by atoms with E-state index in [1.807, 2.05) is 25.0 Å². The molecule has 1 aliphatic heterocycles. The molecule has 0 radical (unpaired) electrons. The standard InChI is InChI=1S/C11H19N3O/c1-8-4-5-15-11(8)10(12-2)9-6-13-14(3)7-9/h6-8,10-12H,4-5H2,1-3H3. The molecule has 0 saturated carbocycles. The molecule has 2 heterocycles. The van der Waals surface area contributed by atoms with E-state index in [0.717, 1.165) is 13.0 Å². The highest BCUT2D eigenvalue weighted by atomic mass is 16.5. The van der Waals surface area contributed by atoms with Crippen molar-refractivity contribution in [1.82, 2.24) is 15.1 Å². The van der Waals surface area contributed by atoms with Gasteiger partial charge in [-0.1, -0.05) is 6.92 Å². The molecular weight excluding hydrogens is 190 g/mol. The number of nitrogens with one attached hydrogen (secondary N) is 1. The maximum absolute atomic E-state index is 5.78. The topological polar surface area (TPSA) is 39.1 Å². The number of hydrogen-bond donors (Lipinski definition) is 1. The van der Waals surface area contributed by atoms with Crippen molar-refractivity contribution in [3.8, 4) is 0 Å². The van der Waals surface area contributed by atoms with Crippen LogP contribution in [0, 0.1) is 5.92 Å². The Labute approximate surface area is 90.6 Å². The first-order valence-electron chi connectivity index (χ1n) is 5.49. The van der Waals surface area contributed by atoms with Gasteiger partial charge in [0.2, 0.25) is 0 Å². The average Bonchev–Trinajstić information content (AvgIpc) is 2.79. The minimum absolute atomic E-state index is 0.260. The maximum atomic E-state index is 5.78. The summed E-state index contributed by atoms with van der Waals surface area (Å²) in [5.74, 6) is 0.614. The first-order valence-corrected chi connectivity index (χ1v) is 5.49. The molecule has 0 amide bonds. The molecule has 1 aliphatic rings. The third-order valence-electron chi connectivity index (χ3n) is 3.17. The second-order valence-corrected chi connectivity index (χ2v) is 4.32. The van der Waals surface area contributed by atoms with Crippen LogP contribution in [0.5, 0.6) is 0 Å². The van der Waals surface area contributed by atoms with Crippen LogP contribution in [0.15, 0.2) is 12.4 Å². The van der Waals surface area contributed by atoms with Crippen molar-refractivity contribution < 1.29 is 4.74 Å². The number of rotatable bonds is 3. The monoisotopic (exact) mass is 209 g/mol. The van der Waals surface area contributed by atoms with Gasteiger partial charge in [-0.05, 0) is 19.4 Å². The van der Waals surface area contributed by atoms with E-state index < -0.39 is 0 Å². The third kappa shape index (κ3) is 2.06. The van der Waals surface area contributed by atoms with Gasteiger partial charge in [0.25, 0.3) is 0 Å². The van der Waals surface area contributed by atoms with Gasteiger partial charge in [0.1, 0.15) is 0 Å². The van der Waals surface area contributed by atoms with Crippen LogP contribution in [0.4, 0.5) is 0 Å². The molecule has 0 spiro atoms. The van der Waals surface area contributed by atoms with E-state index in [2.05, 4.69) is 23.5 Å². The Morgan fingerprint density at radius 1 is 1.67 bits per heavy atom. The predicted molar refractivity (Wildman–Crippen MR) is 58.5 cm³/mol. The summed E-state index contributed by atoms with van der Waals surface area (Å²) in [6.45, 7) is 3.13. The largest absolute Gasteiger partial charge is 0.376 e. The number of likely N-dealkylation sites (N-methyl/N-ethyl adjacent to an activating group) is 1. The quantitative estimate of drug-likeness (QED) is 0.810. The van der Waals surface area contributed by atoms with Crippen LogP contribution in [0.2, 0.25) is 0 Å². The maximum Gasteiger partial charge on any atom is 0.0797 e. The van der Waals surface area contributed by atoms with E-state index in [1.54, 1.807) is 0 Å². The Morgan fingerprint density at radius 2 is 2.47 bits per heavy atom. The second-order valence-electron chi connectivity index (χ2n) is 4.32. The van der Waals surface area contributed by atoms with Crippen LogP contribution >= 0.6 is 0 Å². The normalized spacial score (nSPS) is 28.2. The molecule has 84 valence electrons.